The molecule has 0 amide bonds. The fourth-order valence-corrected chi connectivity index (χ4v) is 3.48. The Hall–Kier alpha value is -1.32. The van der Waals surface area contributed by atoms with Gasteiger partial charge in [0, 0.05) is 12.1 Å². The standard InChI is InChI=1S/C21H26N2.2ClH/c1-3-15(23)13-21-18-10-6-4-8-16(18)20(12-14(2)22)17-9-5-7-11-19(17)21;;/h4-11,14-15H,3,12-13,22-23H2,1-2H3;2*1H. The third-order valence-corrected chi connectivity index (χ3v) is 4.67. The van der Waals surface area contributed by atoms with Gasteiger partial charge < -0.3 is 11.5 Å². The number of rotatable bonds is 5. The predicted molar refractivity (Wildman–Crippen MR) is 115 cm³/mol. The predicted octanol–water partition coefficient (Wildman–Crippen LogP) is 5.01. The van der Waals surface area contributed by atoms with E-state index in [0.29, 0.717) is 0 Å². The molecule has 0 bridgehead atoms. The van der Waals surface area contributed by atoms with Crippen molar-refractivity contribution in [3.63, 3.8) is 0 Å². The Morgan fingerprint density at radius 3 is 1.40 bits per heavy atom. The van der Waals surface area contributed by atoms with Gasteiger partial charge >= 0.3 is 0 Å². The maximum Gasteiger partial charge on any atom is 0.00771 e. The molecule has 0 fully saturated rings. The molecule has 0 heterocycles. The first-order chi connectivity index (χ1) is 11.1. The minimum Gasteiger partial charge on any atom is -0.328 e. The summed E-state index contributed by atoms with van der Waals surface area (Å²) in [7, 11) is 0. The van der Waals surface area contributed by atoms with Gasteiger partial charge in [0.15, 0.2) is 0 Å². The largest absolute Gasteiger partial charge is 0.328 e. The normalized spacial score (nSPS) is 13.1. The smallest absolute Gasteiger partial charge is 0.00771 e. The molecule has 0 aliphatic heterocycles. The third-order valence-electron chi connectivity index (χ3n) is 4.67. The fraction of sp³-hybridized carbons (Fsp3) is 0.333. The average molecular weight is 379 g/mol. The summed E-state index contributed by atoms with van der Waals surface area (Å²) in [6, 6.07) is 17.7. The zero-order chi connectivity index (χ0) is 16.4. The van der Waals surface area contributed by atoms with Crippen LogP contribution in [0.4, 0.5) is 0 Å². The van der Waals surface area contributed by atoms with E-state index in [-0.39, 0.29) is 36.9 Å². The molecule has 3 aromatic rings. The van der Waals surface area contributed by atoms with Crippen LogP contribution < -0.4 is 11.5 Å². The van der Waals surface area contributed by atoms with E-state index in [0.717, 1.165) is 19.3 Å². The lowest BCUT2D eigenvalue weighted by Crippen LogP contribution is -2.22. The molecular weight excluding hydrogens is 351 g/mol. The van der Waals surface area contributed by atoms with E-state index in [1.54, 1.807) is 0 Å². The number of halogens is 2. The summed E-state index contributed by atoms with van der Waals surface area (Å²) in [5.41, 5.74) is 15.1. The Labute approximate surface area is 162 Å². The van der Waals surface area contributed by atoms with Gasteiger partial charge in [-0.15, -0.1) is 24.8 Å². The summed E-state index contributed by atoms with van der Waals surface area (Å²) in [6.45, 7) is 4.23. The van der Waals surface area contributed by atoms with Gasteiger partial charge in [0.05, 0.1) is 0 Å². The molecule has 0 aromatic heterocycles. The Morgan fingerprint density at radius 2 is 1.08 bits per heavy atom. The van der Waals surface area contributed by atoms with Crippen molar-refractivity contribution >= 4 is 46.4 Å². The quantitative estimate of drug-likeness (QED) is 0.613. The third kappa shape index (κ3) is 4.45. The highest BCUT2D eigenvalue weighted by Crippen LogP contribution is 2.34. The van der Waals surface area contributed by atoms with Crippen molar-refractivity contribution < 1.29 is 0 Å². The van der Waals surface area contributed by atoms with Crippen LogP contribution in [0.5, 0.6) is 0 Å². The molecule has 3 aromatic carbocycles. The highest BCUT2D eigenvalue weighted by atomic mass is 35.5. The lowest BCUT2D eigenvalue weighted by molar-refractivity contribution is 0.651. The highest BCUT2D eigenvalue weighted by molar-refractivity contribution is 6.05. The Bertz CT molecular complexity index is 774. The van der Waals surface area contributed by atoms with E-state index < -0.39 is 0 Å². The molecule has 25 heavy (non-hydrogen) atoms. The van der Waals surface area contributed by atoms with Crippen LogP contribution in [0.2, 0.25) is 0 Å². The molecule has 0 aliphatic rings. The zero-order valence-electron chi connectivity index (χ0n) is 14.9. The van der Waals surface area contributed by atoms with Crippen molar-refractivity contribution in [3.05, 3.63) is 59.7 Å². The van der Waals surface area contributed by atoms with Gasteiger partial charge in [-0.3, -0.25) is 0 Å². The van der Waals surface area contributed by atoms with Gasteiger partial charge in [0.1, 0.15) is 0 Å². The van der Waals surface area contributed by atoms with E-state index in [2.05, 4.69) is 62.4 Å². The summed E-state index contributed by atoms with van der Waals surface area (Å²) in [5, 5.41) is 5.29. The van der Waals surface area contributed by atoms with E-state index >= 15 is 0 Å². The molecule has 4 heteroatoms. The van der Waals surface area contributed by atoms with E-state index in [9.17, 15) is 0 Å². The first kappa shape index (κ1) is 21.7. The second kappa shape index (κ2) is 9.40. The van der Waals surface area contributed by atoms with Crippen molar-refractivity contribution in [2.75, 3.05) is 0 Å². The minimum absolute atomic E-state index is 0. The molecule has 0 aliphatic carbocycles. The molecule has 0 saturated heterocycles. The Morgan fingerprint density at radius 1 is 0.720 bits per heavy atom. The van der Waals surface area contributed by atoms with Crippen LogP contribution in [-0.2, 0) is 12.8 Å². The van der Waals surface area contributed by atoms with Crippen molar-refractivity contribution in [2.45, 2.75) is 45.2 Å². The lowest BCUT2D eigenvalue weighted by atomic mass is 9.87. The molecule has 2 atom stereocenters. The van der Waals surface area contributed by atoms with Crippen LogP contribution >= 0.6 is 24.8 Å². The highest BCUT2D eigenvalue weighted by Gasteiger charge is 2.15. The van der Waals surface area contributed by atoms with E-state index in [4.69, 9.17) is 11.5 Å². The number of nitrogens with two attached hydrogens (primary N) is 2. The monoisotopic (exact) mass is 378 g/mol. The van der Waals surface area contributed by atoms with Gasteiger partial charge in [-0.25, -0.2) is 0 Å². The zero-order valence-corrected chi connectivity index (χ0v) is 16.5. The molecule has 0 radical (unpaired) electrons. The molecule has 3 rings (SSSR count). The van der Waals surface area contributed by atoms with Crippen LogP contribution in [0.25, 0.3) is 21.5 Å². The maximum absolute atomic E-state index is 6.29. The van der Waals surface area contributed by atoms with Crippen LogP contribution in [0.1, 0.15) is 31.4 Å². The van der Waals surface area contributed by atoms with Crippen molar-refractivity contribution in [1.29, 1.82) is 0 Å². The van der Waals surface area contributed by atoms with Crippen molar-refractivity contribution in [3.8, 4) is 0 Å². The second-order valence-electron chi connectivity index (χ2n) is 6.60. The molecule has 4 N–H and O–H groups in total. The summed E-state index contributed by atoms with van der Waals surface area (Å²) >= 11 is 0. The number of benzene rings is 3. The van der Waals surface area contributed by atoms with Crippen molar-refractivity contribution in [2.24, 2.45) is 11.5 Å². The summed E-state index contributed by atoms with van der Waals surface area (Å²) in [4.78, 5) is 0. The topological polar surface area (TPSA) is 52.0 Å². The van der Waals surface area contributed by atoms with Crippen LogP contribution in [-0.4, -0.2) is 12.1 Å². The van der Waals surface area contributed by atoms with Gasteiger partial charge in [0.25, 0.3) is 0 Å². The van der Waals surface area contributed by atoms with Crippen LogP contribution in [0.3, 0.4) is 0 Å². The molecule has 2 nitrogen and oxygen atoms in total. The molecule has 0 spiro atoms. The number of hydrogen-bond donors (Lipinski definition) is 2. The second-order valence-corrected chi connectivity index (χ2v) is 6.60. The van der Waals surface area contributed by atoms with Gasteiger partial charge in [-0.1, -0.05) is 55.5 Å². The lowest BCUT2D eigenvalue weighted by Gasteiger charge is -2.19. The van der Waals surface area contributed by atoms with E-state index in [1.807, 2.05) is 0 Å². The molecule has 2 unspecified atom stereocenters. The maximum atomic E-state index is 6.29. The van der Waals surface area contributed by atoms with Crippen molar-refractivity contribution in [1.82, 2.24) is 0 Å². The summed E-state index contributed by atoms with van der Waals surface area (Å²) in [5.74, 6) is 0. The SMILES string of the molecule is CCC(N)Cc1c2ccccc2c(CC(C)N)c2ccccc12.Cl.Cl. The fourth-order valence-electron chi connectivity index (χ4n) is 3.48. The molecule has 0 saturated carbocycles. The first-order valence-corrected chi connectivity index (χ1v) is 8.54. The first-order valence-electron chi connectivity index (χ1n) is 8.54. The van der Waals surface area contributed by atoms with Crippen LogP contribution in [0, 0.1) is 0 Å². The van der Waals surface area contributed by atoms with Gasteiger partial charge in [0.2, 0.25) is 0 Å². The molecular formula is C21H28Cl2N2. The van der Waals surface area contributed by atoms with Crippen LogP contribution in [0.15, 0.2) is 48.5 Å². The number of hydrogen-bond acceptors (Lipinski definition) is 2. The Kier molecular flexibility index (Phi) is 8.17. The van der Waals surface area contributed by atoms with Gasteiger partial charge in [-0.05, 0) is 58.9 Å². The summed E-state index contributed by atoms with van der Waals surface area (Å²) < 4.78 is 0. The van der Waals surface area contributed by atoms with E-state index in [1.165, 1.54) is 32.7 Å². The average Bonchev–Trinajstić information content (AvgIpc) is 2.57. The summed E-state index contributed by atoms with van der Waals surface area (Å²) in [6.07, 6.45) is 2.79. The minimum atomic E-state index is 0. The Balaban J connectivity index is 0.00000156. The molecule has 136 valence electrons. The van der Waals surface area contributed by atoms with Gasteiger partial charge in [-0.2, -0.15) is 0 Å². The number of fused-ring (bicyclic) bond motifs is 2.